The first-order valence-corrected chi connectivity index (χ1v) is 10.8. The summed E-state index contributed by atoms with van der Waals surface area (Å²) in [6, 6.07) is 6.82. The third-order valence-corrected chi connectivity index (χ3v) is 6.87. The predicted molar refractivity (Wildman–Crippen MR) is 106 cm³/mol. The number of carbonyl (C=O) groups is 1. The molecule has 0 spiro atoms. The normalized spacial score (nSPS) is 24.8. The van der Waals surface area contributed by atoms with E-state index in [0.717, 1.165) is 0 Å². The number of benzene rings is 1. The molecule has 0 bridgehead atoms. The smallest absolute Gasteiger partial charge is 0.321 e. The molecule has 156 valence electrons. The molecule has 0 saturated carbocycles. The minimum atomic E-state index is -3.55. The lowest BCUT2D eigenvalue weighted by Crippen LogP contribution is -2.58. The van der Waals surface area contributed by atoms with Crippen LogP contribution >= 0.6 is 0 Å². The van der Waals surface area contributed by atoms with Crippen molar-refractivity contribution in [2.75, 3.05) is 51.7 Å². The number of methoxy groups -OCH3 is 1. The molecule has 1 aromatic rings. The summed E-state index contributed by atoms with van der Waals surface area (Å²) in [6.07, 6.45) is -0.259. The molecule has 28 heavy (non-hydrogen) atoms. The van der Waals surface area contributed by atoms with Crippen LogP contribution in [0.4, 0.5) is 10.5 Å². The van der Waals surface area contributed by atoms with E-state index in [-0.39, 0.29) is 31.3 Å². The minimum absolute atomic E-state index is 0.130. The average molecular weight is 413 g/mol. The van der Waals surface area contributed by atoms with Crippen LogP contribution in [0.25, 0.3) is 0 Å². The van der Waals surface area contributed by atoms with Crippen LogP contribution in [0.1, 0.15) is 13.8 Å². The molecule has 2 unspecified atom stereocenters. The van der Waals surface area contributed by atoms with E-state index in [0.29, 0.717) is 37.6 Å². The molecular formula is C18H28N4O5S. The van der Waals surface area contributed by atoms with E-state index in [4.69, 9.17) is 9.47 Å². The summed E-state index contributed by atoms with van der Waals surface area (Å²) >= 11 is 0. The number of rotatable bonds is 4. The Labute approximate surface area is 166 Å². The lowest BCUT2D eigenvalue weighted by molar-refractivity contribution is -0.0456. The van der Waals surface area contributed by atoms with Crippen LogP contribution in [0.5, 0.6) is 5.75 Å². The van der Waals surface area contributed by atoms with Gasteiger partial charge in [0, 0.05) is 45.0 Å². The number of nitrogens with zero attached hydrogens (tertiary/aromatic N) is 3. The molecule has 2 amide bonds. The highest BCUT2D eigenvalue weighted by atomic mass is 32.2. The Morgan fingerprint density at radius 1 is 1.04 bits per heavy atom. The second-order valence-corrected chi connectivity index (χ2v) is 9.06. The first kappa shape index (κ1) is 20.8. The van der Waals surface area contributed by atoms with Gasteiger partial charge in [0.15, 0.2) is 0 Å². The van der Waals surface area contributed by atoms with Gasteiger partial charge in [-0.15, -0.1) is 0 Å². The van der Waals surface area contributed by atoms with E-state index in [2.05, 4.69) is 5.32 Å². The summed E-state index contributed by atoms with van der Waals surface area (Å²) < 4.78 is 39.5. The Bertz CT molecular complexity index is 768. The molecule has 3 rings (SSSR count). The van der Waals surface area contributed by atoms with Crippen molar-refractivity contribution in [2.24, 2.45) is 0 Å². The fourth-order valence-corrected chi connectivity index (χ4v) is 5.23. The number of urea groups is 1. The van der Waals surface area contributed by atoms with Crippen molar-refractivity contribution < 1.29 is 22.7 Å². The van der Waals surface area contributed by atoms with Crippen LogP contribution in [-0.2, 0) is 14.9 Å². The number of anilines is 1. The number of hydrogen-bond donors (Lipinski definition) is 1. The standard InChI is InChI=1S/C18H28N4O5S/c1-14-12-22(13-15(2)27-14)28(24,25)21-10-8-20(9-11-21)18(23)19-16-4-6-17(26-3)7-5-16/h4-7,14-15H,8-13H2,1-3H3,(H,19,23). The lowest BCUT2D eigenvalue weighted by atomic mass is 10.3. The molecule has 2 saturated heterocycles. The van der Waals surface area contributed by atoms with Gasteiger partial charge in [-0.3, -0.25) is 0 Å². The highest BCUT2D eigenvalue weighted by Crippen LogP contribution is 2.20. The van der Waals surface area contributed by atoms with Crippen LogP contribution in [0.3, 0.4) is 0 Å². The van der Waals surface area contributed by atoms with Crippen LogP contribution in [0, 0.1) is 0 Å². The fourth-order valence-electron chi connectivity index (χ4n) is 3.48. The van der Waals surface area contributed by atoms with Gasteiger partial charge in [0.2, 0.25) is 0 Å². The molecule has 0 aromatic heterocycles. The SMILES string of the molecule is COc1ccc(NC(=O)N2CCN(S(=O)(=O)N3CC(C)OC(C)C3)CC2)cc1. The van der Waals surface area contributed by atoms with Gasteiger partial charge in [-0.1, -0.05) is 0 Å². The maximum absolute atomic E-state index is 12.9. The molecule has 10 heteroatoms. The molecule has 9 nitrogen and oxygen atoms in total. The molecule has 2 heterocycles. The molecule has 2 fully saturated rings. The molecular weight excluding hydrogens is 384 g/mol. The maximum atomic E-state index is 12.9. The Kier molecular flexibility index (Phi) is 6.43. The minimum Gasteiger partial charge on any atom is -0.497 e. The van der Waals surface area contributed by atoms with E-state index in [9.17, 15) is 13.2 Å². The van der Waals surface area contributed by atoms with Crippen molar-refractivity contribution in [3.05, 3.63) is 24.3 Å². The molecule has 0 aliphatic carbocycles. The number of amides is 2. The van der Waals surface area contributed by atoms with E-state index >= 15 is 0 Å². The monoisotopic (exact) mass is 412 g/mol. The number of nitrogens with one attached hydrogen (secondary N) is 1. The van der Waals surface area contributed by atoms with Gasteiger partial charge < -0.3 is 19.7 Å². The number of morpholine rings is 1. The van der Waals surface area contributed by atoms with Crippen molar-refractivity contribution in [1.82, 2.24) is 13.5 Å². The van der Waals surface area contributed by atoms with Crippen LogP contribution in [-0.4, -0.2) is 86.5 Å². The number of carbonyl (C=O) groups excluding carboxylic acids is 1. The van der Waals surface area contributed by atoms with Crippen LogP contribution in [0.15, 0.2) is 24.3 Å². The topological polar surface area (TPSA) is 91.4 Å². The van der Waals surface area contributed by atoms with Crippen LogP contribution in [0.2, 0.25) is 0 Å². The Hall–Kier alpha value is -1.88. The molecule has 1 N–H and O–H groups in total. The molecule has 0 radical (unpaired) electrons. The van der Waals surface area contributed by atoms with E-state index in [1.807, 2.05) is 13.8 Å². The van der Waals surface area contributed by atoms with Crippen molar-refractivity contribution in [1.29, 1.82) is 0 Å². The van der Waals surface area contributed by atoms with E-state index in [1.165, 1.54) is 8.61 Å². The molecule has 1 aromatic carbocycles. The Morgan fingerprint density at radius 2 is 1.61 bits per heavy atom. The summed E-state index contributed by atoms with van der Waals surface area (Å²) in [4.78, 5) is 14.1. The Morgan fingerprint density at radius 3 is 2.14 bits per heavy atom. The first-order chi connectivity index (χ1) is 13.3. The highest BCUT2D eigenvalue weighted by molar-refractivity contribution is 7.86. The predicted octanol–water partition coefficient (Wildman–Crippen LogP) is 1.20. The third-order valence-electron chi connectivity index (χ3n) is 4.91. The summed E-state index contributed by atoms with van der Waals surface area (Å²) in [7, 11) is -1.97. The van der Waals surface area contributed by atoms with Gasteiger partial charge in [0.25, 0.3) is 10.2 Å². The zero-order valence-corrected chi connectivity index (χ0v) is 17.3. The van der Waals surface area contributed by atoms with Gasteiger partial charge in [0.05, 0.1) is 19.3 Å². The third kappa shape index (κ3) is 4.75. The largest absolute Gasteiger partial charge is 0.497 e. The van der Waals surface area contributed by atoms with Gasteiger partial charge in [-0.05, 0) is 38.1 Å². The quantitative estimate of drug-likeness (QED) is 0.802. The fraction of sp³-hybridized carbons (Fsp3) is 0.611. The Balaban J connectivity index is 1.55. The van der Waals surface area contributed by atoms with Crippen molar-refractivity contribution in [2.45, 2.75) is 26.1 Å². The summed E-state index contributed by atoms with van der Waals surface area (Å²) in [6.45, 7) is 5.69. The van der Waals surface area contributed by atoms with Gasteiger partial charge in [0.1, 0.15) is 5.75 Å². The van der Waals surface area contributed by atoms with Gasteiger partial charge >= 0.3 is 6.03 Å². The summed E-state index contributed by atoms with van der Waals surface area (Å²) in [5.41, 5.74) is 0.664. The summed E-state index contributed by atoms with van der Waals surface area (Å²) in [5, 5.41) is 2.83. The van der Waals surface area contributed by atoms with E-state index in [1.54, 1.807) is 36.3 Å². The number of ether oxygens (including phenoxy) is 2. The zero-order chi connectivity index (χ0) is 20.3. The highest BCUT2D eigenvalue weighted by Gasteiger charge is 2.37. The maximum Gasteiger partial charge on any atom is 0.321 e. The molecule has 2 aliphatic heterocycles. The number of hydrogen-bond acceptors (Lipinski definition) is 5. The second kappa shape index (κ2) is 8.64. The zero-order valence-electron chi connectivity index (χ0n) is 16.5. The molecule has 2 aliphatic rings. The summed E-state index contributed by atoms with van der Waals surface area (Å²) in [5.74, 6) is 0.712. The first-order valence-electron chi connectivity index (χ1n) is 9.40. The van der Waals surface area contributed by atoms with Crippen molar-refractivity contribution in [3.63, 3.8) is 0 Å². The second-order valence-electron chi connectivity index (χ2n) is 7.13. The van der Waals surface area contributed by atoms with E-state index < -0.39 is 10.2 Å². The lowest BCUT2D eigenvalue weighted by Gasteiger charge is -2.40. The number of piperazine rings is 1. The van der Waals surface area contributed by atoms with Crippen molar-refractivity contribution in [3.8, 4) is 5.75 Å². The molecule has 2 atom stereocenters. The van der Waals surface area contributed by atoms with Crippen LogP contribution < -0.4 is 10.1 Å². The van der Waals surface area contributed by atoms with Crippen molar-refractivity contribution >= 4 is 21.9 Å². The average Bonchev–Trinajstić information content (AvgIpc) is 2.68. The van der Waals surface area contributed by atoms with Gasteiger partial charge in [-0.2, -0.15) is 17.0 Å². The van der Waals surface area contributed by atoms with Gasteiger partial charge in [-0.25, -0.2) is 4.79 Å².